The molecule has 4 aromatic rings. The number of rotatable bonds is 8. The van der Waals surface area contributed by atoms with Gasteiger partial charge in [0.1, 0.15) is 35.0 Å². The van der Waals surface area contributed by atoms with Crippen molar-refractivity contribution in [2.45, 2.75) is 6.42 Å². The normalized spacial score (nSPS) is 10.7. The predicted octanol–water partition coefficient (Wildman–Crippen LogP) is 3.92. The van der Waals surface area contributed by atoms with Crippen LogP contribution in [-0.2, 0) is 11.8 Å². The molecule has 0 saturated heterocycles. The molecule has 152 valence electrons. The Kier molecular flexibility index (Phi) is 5.71. The number of carbonyl (C=O) groups excluding carboxylic acids is 1. The number of benzene rings is 1. The largest absolute Gasteiger partial charge is 0.491 e. The molecule has 9 nitrogen and oxygen atoms in total. The number of carbonyl (C=O) groups is 1. The highest BCUT2D eigenvalue weighted by atomic mass is 35.5. The molecule has 0 unspecified atom stereocenters. The van der Waals surface area contributed by atoms with Gasteiger partial charge in [-0.25, -0.2) is 15.0 Å². The second kappa shape index (κ2) is 8.75. The summed E-state index contributed by atoms with van der Waals surface area (Å²) < 4.78 is 12.9. The van der Waals surface area contributed by atoms with Crippen molar-refractivity contribution in [2.75, 3.05) is 11.9 Å². The fourth-order valence-corrected chi connectivity index (χ4v) is 2.90. The number of pyridine rings is 1. The van der Waals surface area contributed by atoms with Gasteiger partial charge in [-0.3, -0.25) is 4.68 Å². The first-order valence-electron chi connectivity index (χ1n) is 9.03. The molecule has 0 amide bonds. The van der Waals surface area contributed by atoms with Gasteiger partial charge in [0.05, 0.1) is 18.3 Å². The summed E-state index contributed by atoms with van der Waals surface area (Å²) in [6.45, 7) is 0.262. The highest BCUT2D eigenvalue weighted by Gasteiger charge is 2.11. The van der Waals surface area contributed by atoms with Gasteiger partial charge in [0.15, 0.2) is 5.82 Å². The van der Waals surface area contributed by atoms with Gasteiger partial charge < -0.3 is 19.6 Å². The molecule has 4 rings (SSSR count). The van der Waals surface area contributed by atoms with Crippen molar-refractivity contribution in [1.29, 1.82) is 0 Å². The molecule has 1 N–H and O–H groups in total. The average molecular weight is 425 g/mol. The minimum Gasteiger partial charge on any atom is -0.491 e. The highest BCUT2D eigenvalue weighted by molar-refractivity contribution is 6.32. The molecule has 0 saturated carbocycles. The molecule has 0 aliphatic carbocycles. The molecule has 0 spiro atoms. The van der Waals surface area contributed by atoms with E-state index >= 15 is 0 Å². The van der Waals surface area contributed by atoms with Crippen molar-refractivity contribution >= 4 is 40.4 Å². The number of hydrogen-bond acceptors (Lipinski definition) is 8. The molecule has 3 heterocycles. The van der Waals surface area contributed by atoms with Crippen LogP contribution >= 0.6 is 11.6 Å². The first-order valence-corrected chi connectivity index (χ1v) is 9.41. The number of halogens is 1. The number of hydrogen-bond donors (Lipinski definition) is 1. The van der Waals surface area contributed by atoms with Gasteiger partial charge in [0.25, 0.3) is 0 Å². The molecule has 0 atom stereocenters. The maximum atomic E-state index is 10.4. The van der Waals surface area contributed by atoms with E-state index in [-0.39, 0.29) is 17.5 Å². The van der Waals surface area contributed by atoms with Gasteiger partial charge in [-0.2, -0.15) is 5.10 Å². The van der Waals surface area contributed by atoms with E-state index < -0.39 is 0 Å². The molecule has 10 heteroatoms. The highest BCUT2D eigenvalue weighted by Crippen LogP contribution is 2.32. The van der Waals surface area contributed by atoms with Crippen LogP contribution in [0.2, 0.25) is 5.02 Å². The molecular formula is C20H17ClN6O3. The van der Waals surface area contributed by atoms with Gasteiger partial charge in [0.2, 0.25) is 5.88 Å². The van der Waals surface area contributed by atoms with Crippen molar-refractivity contribution in [2.24, 2.45) is 7.05 Å². The van der Waals surface area contributed by atoms with Gasteiger partial charge >= 0.3 is 0 Å². The fraction of sp³-hybridized carbons (Fsp3) is 0.150. The molecule has 1 aromatic carbocycles. The van der Waals surface area contributed by atoms with E-state index in [0.29, 0.717) is 29.6 Å². The standard InChI is InChI=1S/C20H17ClN6O3/c1-27-6-5-18(26-27)25-19-15-9-13(3-4-17(15)23-12-24-19)30-20-16(21)10-14(11-22-20)29-8-2-7-28/h3-7,9-12H,2,8H2,1H3,(H,23,24,25,26). The second-order valence-corrected chi connectivity index (χ2v) is 6.67. The molecule has 0 radical (unpaired) electrons. The Morgan fingerprint density at radius 3 is 2.83 bits per heavy atom. The third-order valence-electron chi connectivity index (χ3n) is 4.07. The Hall–Kier alpha value is -3.72. The summed E-state index contributed by atoms with van der Waals surface area (Å²) in [7, 11) is 1.84. The van der Waals surface area contributed by atoms with Crippen molar-refractivity contribution < 1.29 is 14.3 Å². The minimum atomic E-state index is 0.231. The summed E-state index contributed by atoms with van der Waals surface area (Å²) in [5.74, 6) is 2.48. The summed E-state index contributed by atoms with van der Waals surface area (Å²) in [4.78, 5) is 23.2. The Bertz CT molecular complexity index is 1200. The number of anilines is 2. The van der Waals surface area contributed by atoms with Crippen molar-refractivity contribution in [3.05, 3.63) is 54.1 Å². The van der Waals surface area contributed by atoms with E-state index in [1.165, 1.54) is 12.5 Å². The third-order valence-corrected chi connectivity index (χ3v) is 4.34. The molecule has 30 heavy (non-hydrogen) atoms. The second-order valence-electron chi connectivity index (χ2n) is 6.26. The number of aldehydes is 1. The number of ether oxygens (including phenoxy) is 2. The first-order chi connectivity index (χ1) is 14.6. The van der Waals surface area contributed by atoms with Crippen LogP contribution in [0.3, 0.4) is 0 Å². The number of aromatic nitrogens is 5. The Labute approximate surface area is 176 Å². The van der Waals surface area contributed by atoms with Gasteiger partial charge in [0, 0.05) is 37.2 Å². The lowest BCUT2D eigenvalue weighted by molar-refractivity contribution is -0.108. The van der Waals surface area contributed by atoms with Crippen molar-refractivity contribution in [3.63, 3.8) is 0 Å². The summed E-state index contributed by atoms with van der Waals surface area (Å²) in [5.41, 5.74) is 0.744. The summed E-state index contributed by atoms with van der Waals surface area (Å²) in [6, 6.07) is 8.82. The number of nitrogens with one attached hydrogen (secondary N) is 1. The van der Waals surface area contributed by atoms with E-state index in [1.807, 2.05) is 25.4 Å². The lowest BCUT2D eigenvalue weighted by Crippen LogP contribution is -1.99. The molecule has 0 aliphatic heterocycles. The van der Waals surface area contributed by atoms with E-state index in [2.05, 4.69) is 25.4 Å². The van der Waals surface area contributed by atoms with E-state index in [0.717, 1.165) is 17.2 Å². The Balaban J connectivity index is 1.57. The molecule has 0 aliphatic rings. The van der Waals surface area contributed by atoms with Crippen LogP contribution in [0, 0.1) is 0 Å². The van der Waals surface area contributed by atoms with Crippen LogP contribution in [0.25, 0.3) is 10.9 Å². The quantitative estimate of drug-likeness (QED) is 0.335. The number of aryl methyl sites for hydroxylation is 1. The Morgan fingerprint density at radius 2 is 2.07 bits per heavy atom. The van der Waals surface area contributed by atoms with Gasteiger partial charge in [-0.15, -0.1) is 0 Å². The van der Waals surface area contributed by atoms with Crippen LogP contribution in [-0.4, -0.2) is 37.6 Å². The molecule has 0 fully saturated rings. The third kappa shape index (κ3) is 4.47. The molecular weight excluding hydrogens is 408 g/mol. The van der Waals surface area contributed by atoms with Gasteiger partial charge in [-0.1, -0.05) is 11.6 Å². The zero-order chi connectivity index (χ0) is 20.9. The SMILES string of the molecule is Cn1ccc(Nc2ncnc3ccc(Oc4ncc(OCCC=O)cc4Cl)cc23)n1. The maximum Gasteiger partial charge on any atom is 0.238 e. The van der Waals surface area contributed by atoms with Crippen LogP contribution in [0.5, 0.6) is 17.4 Å². The van der Waals surface area contributed by atoms with Crippen LogP contribution in [0.15, 0.2) is 49.1 Å². The van der Waals surface area contributed by atoms with Gasteiger partial charge in [-0.05, 0) is 18.2 Å². The van der Waals surface area contributed by atoms with Crippen LogP contribution < -0.4 is 14.8 Å². The lowest BCUT2D eigenvalue weighted by atomic mass is 10.2. The lowest BCUT2D eigenvalue weighted by Gasteiger charge is -2.10. The maximum absolute atomic E-state index is 10.4. The molecule has 0 bridgehead atoms. The van der Waals surface area contributed by atoms with E-state index in [4.69, 9.17) is 21.1 Å². The topological polar surface area (TPSA) is 104 Å². The average Bonchev–Trinajstić information content (AvgIpc) is 3.15. The first kappa shape index (κ1) is 19.6. The van der Waals surface area contributed by atoms with E-state index in [9.17, 15) is 4.79 Å². The monoisotopic (exact) mass is 424 g/mol. The fourth-order valence-electron chi connectivity index (χ4n) is 2.70. The van der Waals surface area contributed by atoms with Crippen molar-refractivity contribution in [3.8, 4) is 17.4 Å². The van der Waals surface area contributed by atoms with Crippen LogP contribution in [0.4, 0.5) is 11.6 Å². The smallest absolute Gasteiger partial charge is 0.238 e. The summed E-state index contributed by atoms with van der Waals surface area (Å²) >= 11 is 6.27. The summed E-state index contributed by atoms with van der Waals surface area (Å²) in [5, 5.41) is 8.53. The minimum absolute atomic E-state index is 0.231. The van der Waals surface area contributed by atoms with Crippen LogP contribution in [0.1, 0.15) is 6.42 Å². The van der Waals surface area contributed by atoms with E-state index in [1.54, 1.807) is 22.9 Å². The summed E-state index contributed by atoms with van der Waals surface area (Å²) in [6.07, 6.45) is 5.89. The molecule has 3 aromatic heterocycles. The zero-order valence-electron chi connectivity index (χ0n) is 15.9. The number of nitrogens with zero attached hydrogens (tertiary/aromatic N) is 5. The zero-order valence-corrected chi connectivity index (χ0v) is 16.7. The van der Waals surface area contributed by atoms with Crippen molar-refractivity contribution in [1.82, 2.24) is 24.7 Å². The number of fused-ring (bicyclic) bond motifs is 1. The predicted molar refractivity (Wildman–Crippen MR) is 112 cm³/mol. The Morgan fingerprint density at radius 1 is 1.17 bits per heavy atom.